The lowest BCUT2D eigenvalue weighted by molar-refractivity contribution is -0.141. The van der Waals surface area contributed by atoms with E-state index in [0.29, 0.717) is 66.8 Å². The van der Waals surface area contributed by atoms with Crippen LogP contribution in [0.5, 0.6) is 0 Å². The van der Waals surface area contributed by atoms with E-state index < -0.39 is 0 Å². The number of esters is 1. The van der Waals surface area contributed by atoms with Gasteiger partial charge in [0.1, 0.15) is 28.3 Å². The third-order valence-corrected chi connectivity index (χ3v) is 12.7. The highest BCUT2D eigenvalue weighted by Crippen LogP contribution is 2.38. The number of likely N-dealkylation sites (tertiary alicyclic amines) is 1. The summed E-state index contributed by atoms with van der Waals surface area (Å²) in [5, 5.41) is 30.1. The predicted octanol–water partition coefficient (Wildman–Crippen LogP) is 10.5. The molecule has 5 atom stereocenters. The molecule has 8 rings (SSSR count). The number of allylic oxidation sites excluding steroid dienone is 1. The van der Waals surface area contributed by atoms with E-state index in [1.165, 1.54) is 13.3 Å². The van der Waals surface area contributed by atoms with Gasteiger partial charge in [-0.05, 0) is 99.4 Å². The highest BCUT2D eigenvalue weighted by atomic mass is 35.5. The van der Waals surface area contributed by atoms with Crippen molar-refractivity contribution in [1.82, 2.24) is 44.4 Å². The molecule has 13 nitrogen and oxygen atoms in total. The quantitative estimate of drug-likeness (QED) is 0.127. The van der Waals surface area contributed by atoms with Crippen molar-refractivity contribution in [2.75, 3.05) is 13.7 Å². The second-order valence-corrected chi connectivity index (χ2v) is 17.2. The Labute approximate surface area is 377 Å². The molecule has 0 saturated carbocycles. The first-order chi connectivity index (χ1) is 29.3. The normalized spacial score (nSPS) is 18.8. The largest absolute Gasteiger partial charge is 0.469 e. The maximum Gasteiger partial charge on any atom is 0.305 e. The fourth-order valence-corrected chi connectivity index (χ4v) is 9.60. The van der Waals surface area contributed by atoms with Crippen molar-refractivity contribution in [3.63, 3.8) is 0 Å². The molecule has 5 heterocycles. The average Bonchev–Trinajstić information content (AvgIpc) is 3.97. The molecule has 0 spiro atoms. The van der Waals surface area contributed by atoms with E-state index in [0.717, 1.165) is 61.0 Å². The van der Waals surface area contributed by atoms with Crippen LogP contribution in [-0.4, -0.2) is 76.1 Å². The summed E-state index contributed by atoms with van der Waals surface area (Å²) in [6.07, 6.45) is 10.9. The second kappa shape index (κ2) is 19.0. The molecule has 18 heteroatoms. The van der Waals surface area contributed by atoms with E-state index in [1.807, 2.05) is 32.0 Å². The van der Waals surface area contributed by atoms with Crippen LogP contribution in [0.15, 0.2) is 54.9 Å². The first kappa shape index (κ1) is 44.2. The predicted molar refractivity (Wildman–Crippen MR) is 237 cm³/mol. The van der Waals surface area contributed by atoms with Crippen molar-refractivity contribution < 1.29 is 9.53 Å². The molecule has 314 valence electrons. The number of hydrogen-bond acceptors (Lipinski definition) is 11. The number of fused-ring (bicyclic) bond motifs is 2. The van der Waals surface area contributed by atoms with Crippen molar-refractivity contribution in [2.24, 2.45) is 5.92 Å². The maximum atomic E-state index is 11.7. The van der Waals surface area contributed by atoms with Crippen molar-refractivity contribution in [2.45, 2.75) is 83.5 Å². The third kappa shape index (κ3) is 9.34. The minimum atomic E-state index is -0.273. The lowest BCUT2D eigenvalue weighted by Crippen LogP contribution is -2.43. The lowest BCUT2D eigenvalue weighted by Gasteiger charge is -2.38. The fourth-order valence-electron chi connectivity index (χ4n) is 8.34. The van der Waals surface area contributed by atoms with Crippen LogP contribution < -0.4 is 0 Å². The van der Waals surface area contributed by atoms with E-state index >= 15 is 0 Å². The minimum absolute atomic E-state index is 0.138. The molecule has 2 aromatic carbocycles. The van der Waals surface area contributed by atoms with Crippen LogP contribution in [0.3, 0.4) is 0 Å². The van der Waals surface area contributed by atoms with Gasteiger partial charge in [0.15, 0.2) is 22.7 Å². The van der Waals surface area contributed by atoms with Crippen LogP contribution in [0.4, 0.5) is 0 Å². The Balaban J connectivity index is 0.000000215. The summed E-state index contributed by atoms with van der Waals surface area (Å²) in [5.74, 6) is 0.192. The number of ether oxygens (including phenoxy) is 1. The van der Waals surface area contributed by atoms with E-state index in [2.05, 4.69) is 49.1 Å². The highest BCUT2D eigenvalue weighted by molar-refractivity contribution is 6.35. The van der Waals surface area contributed by atoms with Crippen molar-refractivity contribution in [3.05, 3.63) is 108 Å². The van der Waals surface area contributed by atoms with Crippen molar-refractivity contribution in [3.8, 4) is 12.1 Å². The Morgan fingerprint density at radius 2 is 1.43 bits per heavy atom. The average molecular weight is 920 g/mol. The van der Waals surface area contributed by atoms with Gasteiger partial charge < -0.3 is 4.74 Å². The number of carbonyl (C=O) groups excluding carboxylic acids is 1. The van der Waals surface area contributed by atoms with Crippen LogP contribution in [0.1, 0.15) is 99.6 Å². The molecule has 0 bridgehead atoms. The summed E-state index contributed by atoms with van der Waals surface area (Å²) >= 11 is 30.7. The number of halogens is 5. The monoisotopic (exact) mass is 917 g/mol. The molecular formula is C43H40Cl5N11O2. The molecule has 6 aromatic rings. The van der Waals surface area contributed by atoms with Crippen LogP contribution in [0.25, 0.3) is 27.9 Å². The van der Waals surface area contributed by atoms with Gasteiger partial charge in [-0.2, -0.15) is 20.7 Å². The molecule has 61 heavy (non-hydrogen) atoms. The number of carbonyl (C=O) groups is 1. The van der Waals surface area contributed by atoms with Crippen LogP contribution >= 0.6 is 58.0 Å². The molecule has 0 radical (unpaired) electrons. The minimum Gasteiger partial charge on any atom is -0.469 e. The molecule has 1 aliphatic heterocycles. The van der Waals surface area contributed by atoms with Crippen LogP contribution in [-0.2, 0) is 9.53 Å². The summed E-state index contributed by atoms with van der Waals surface area (Å²) < 4.78 is 8.17. The molecule has 1 fully saturated rings. The Kier molecular flexibility index (Phi) is 13.8. The lowest BCUT2D eigenvalue weighted by atomic mass is 9.84. The molecule has 1 aliphatic carbocycles. The zero-order chi connectivity index (χ0) is 43.5. The zero-order valence-electron chi connectivity index (χ0n) is 33.7. The number of hydrogen-bond donors (Lipinski definition) is 0. The van der Waals surface area contributed by atoms with Gasteiger partial charge in [0, 0.05) is 38.6 Å². The maximum absolute atomic E-state index is 11.7. The number of methoxy groups -OCH3 is 1. The number of aromatic nitrogens is 8. The highest BCUT2D eigenvalue weighted by Gasteiger charge is 2.35. The Hall–Kier alpha value is -4.86. The van der Waals surface area contributed by atoms with Gasteiger partial charge in [0.2, 0.25) is 0 Å². The molecular weight excluding hydrogens is 880 g/mol. The van der Waals surface area contributed by atoms with Gasteiger partial charge in [0.05, 0.1) is 37.3 Å². The van der Waals surface area contributed by atoms with Crippen molar-refractivity contribution >= 4 is 91.9 Å². The van der Waals surface area contributed by atoms with Gasteiger partial charge in [0.25, 0.3) is 0 Å². The Morgan fingerprint density at radius 1 is 0.852 bits per heavy atom. The van der Waals surface area contributed by atoms with Crippen LogP contribution in [0.2, 0.25) is 25.2 Å². The summed E-state index contributed by atoms with van der Waals surface area (Å²) in [5.41, 5.74) is 5.90. The second-order valence-electron chi connectivity index (χ2n) is 15.1. The molecule has 2 unspecified atom stereocenters. The number of nitriles is 2. The van der Waals surface area contributed by atoms with Gasteiger partial charge in [-0.3, -0.25) is 9.69 Å². The number of benzene rings is 2. The fraction of sp³-hybridized carbons (Fsp3) is 0.372. The first-order valence-electron chi connectivity index (χ1n) is 19.7. The molecule has 1 saturated heterocycles. The van der Waals surface area contributed by atoms with E-state index in [9.17, 15) is 15.3 Å². The van der Waals surface area contributed by atoms with E-state index in [1.54, 1.807) is 39.8 Å². The standard InChI is InChI=1S/C29H32Cl2N6O2.C14H8Cl3N5/c1-17-13-19(6-10-26(17)36-12-4-5-21(36)8-11-27(38)39-3)25-16-33-28-24(15-32)35-37(29(28)34-25)18(2)22-9-7-20(30)14-23(22)31;1-7(9-3-2-8(15)4-10(9)16)22-14-13(11(5-18)21-22)19-6-12(17)20-14/h7,9,13-14,16-18,21,26H,4-6,8,10-12H2,1-3H3;2-4,6-7H,1H3/t17?,18-,21+,26?;7-/m11/s1. The third-order valence-electron chi connectivity index (χ3n) is 11.4. The van der Waals surface area contributed by atoms with Crippen molar-refractivity contribution in [1.29, 1.82) is 10.5 Å². The zero-order valence-corrected chi connectivity index (χ0v) is 37.4. The summed E-state index contributed by atoms with van der Waals surface area (Å²) in [6.45, 7) is 7.19. The summed E-state index contributed by atoms with van der Waals surface area (Å²) in [4.78, 5) is 32.3. The van der Waals surface area contributed by atoms with Gasteiger partial charge in [-0.1, -0.05) is 83.1 Å². The summed E-state index contributed by atoms with van der Waals surface area (Å²) in [7, 11) is 1.45. The van der Waals surface area contributed by atoms with E-state index in [4.69, 9.17) is 67.7 Å². The smallest absolute Gasteiger partial charge is 0.305 e. The molecule has 0 N–H and O–H groups in total. The van der Waals surface area contributed by atoms with Gasteiger partial charge in [-0.15, -0.1) is 0 Å². The van der Waals surface area contributed by atoms with E-state index in [-0.39, 0.29) is 34.6 Å². The van der Waals surface area contributed by atoms with Gasteiger partial charge in [-0.25, -0.2) is 29.3 Å². The summed E-state index contributed by atoms with van der Waals surface area (Å²) in [6, 6.07) is 15.0. The number of nitrogens with zero attached hydrogens (tertiary/aromatic N) is 11. The number of rotatable bonds is 9. The molecule has 0 amide bonds. The first-order valence-corrected chi connectivity index (χ1v) is 21.6. The Bertz CT molecular complexity index is 2740. The topological polar surface area (TPSA) is 164 Å². The molecule has 4 aromatic heterocycles. The Morgan fingerprint density at radius 3 is 1.97 bits per heavy atom. The van der Waals surface area contributed by atoms with Gasteiger partial charge >= 0.3 is 5.97 Å². The SMILES string of the molecule is COC(=O)CC[C@@H]1CCCN1C1CCC(c2cnc3c(C#N)nn([C@H](C)c4ccc(Cl)cc4Cl)c3n2)=CC1C.C[C@H](c1ccc(Cl)cc1Cl)n1nc(C#N)c2ncc(Cl)nc21. The molecule has 2 aliphatic rings. The van der Waals surface area contributed by atoms with Crippen LogP contribution in [0, 0.1) is 28.6 Å².